The number of carbonyl (C=O) groups excluding carboxylic acids is 1. The van der Waals surface area contributed by atoms with Gasteiger partial charge in [-0.2, -0.15) is 0 Å². The number of rotatable bonds is 6. The number of nitrogens with one attached hydrogen (secondary N) is 1. The average molecular weight is 324 g/mol. The number of amides is 1. The van der Waals surface area contributed by atoms with Crippen molar-refractivity contribution in [3.05, 3.63) is 35.4 Å². The first-order valence-corrected chi connectivity index (χ1v) is 9.71. The van der Waals surface area contributed by atoms with Crippen LogP contribution >= 0.6 is 0 Å². The number of fused-ring (bicyclic) bond motifs is 1. The van der Waals surface area contributed by atoms with Crippen molar-refractivity contribution in [2.24, 2.45) is 5.73 Å². The maximum Gasteiger partial charge on any atom is 0.236 e. The van der Waals surface area contributed by atoms with Crippen LogP contribution in [0.5, 0.6) is 0 Å². The van der Waals surface area contributed by atoms with Gasteiger partial charge in [-0.3, -0.25) is 4.79 Å². The van der Waals surface area contributed by atoms with Gasteiger partial charge in [-0.05, 0) is 36.8 Å². The minimum Gasteiger partial charge on any atom is -0.354 e. The van der Waals surface area contributed by atoms with Crippen molar-refractivity contribution < 1.29 is 13.2 Å². The Labute approximate surface area is 132 Å². The Morgan fingerprint density at radius 2 is 2.14 bits per heavy atom. The zero-order chi connectivity index (χ0) is 16.2. The number of hydrogen-bond acceptors (Lipinski definition) is 4. The highest BCUT2D eigenvalue weighted by Gasteiger charge is 2.22. The Hall–Kier alpha value is -1.40. The molecule has 5 nitrogen and oxygen atoms in total. The Balaban J connectivity index is 1.87. The molecule has 0 radical (unpaired) electrons. The summed E-state index contributed by atoms with van der Waals surface area (Å²) in [6.45, 7) is 0.558. The molecule has 1 amide bonds. The molecule has 2 atom stereocenters. The normalized spacial score (nSPS) is 19.3. The number of aryl methyl sites for hydroxylation is 1. The summed E-state index contributed by atoms with van der Waals surface area (Å²) in [5, 5.41) is 2.87. The van der Waals surface area contributed by atoms with E-state index in [1.807, 2.05) is 12.1 Å². The van der Waals surface area contributed by atoms with E-state index < -0.39 is 15.9 Å². The van der Waals surface area contributed by atoms with Crippen molar-refractivity contribution in [3.8, 4) is 0 Å². The Morgan fingerprint density at radius 3 is 2.86 bits per heavy atom. The predicted molar refractivity (Wildman–Crippen MR) is 87.4 cm³/mol. The molecule has 0 heterocycles. The molecule has 1 aromatic rings. The van der Waals surface area contributed by atoms with Gasteiger partial charge in [-0.1, -0.05) is 24.3 Å². The zero-order valence-electron chi connectivity index (χ0n) is 12.9. The second kappa shape index (κ2) is 7.24. The van der Waals surface area contributed by atoms with Crippen LogP contribution in [0.4, 0.5) is 0 Å². The monoisotopic (exact) mass is 324 g/mol. The van der Waals surface area contributed by atoms with Crippen LogP contribution in [-0.2, 0) is 21.1 Å². The lowest BCUT2D eigenvalue weighted by Gasteiger charge is -2.26. The first-order chi connectivity index (χ1) is 10.4. The second-order valence-corrected chi connectivity index (χ2v) is 8.32. The van der Waals surface area contributed by atoms with Crippen molar-refractivity contribution in [1.82, 2.24) is 5.32 Å². The number of hydrogen-bond donors (Lipinski definition) is 2. The van der Waals surface area contributed by atoms with Crippen LogP contribution in [0, 0.1) is 0 Å². The molecule has 1 aromatic carbocycles. The fraction of sp³-hybridized carbons (Fsp3) is 0.562. The fourth-order valence-corrected chi connectivity index (χ4v) is 3.58. The van der Waals surface area contributed by atoms with Crippen LogP contribution < -0.4 is 11.1 Å². The number of nitrogens with two attached hydrogens (primary N) is 1. The topological polar surface area (TPSA) is 89.3 Å². The number of benzene rings is 1. The molecule has 0 bridgehead atoms. The van der Waals surface area contributed by atoms with E-state index in [9.17, 15) is 13.2 Å². The molecule has 0 fully saturated rings. The Bertz CT molecular complexity index is 628. The van der Waals surface area contributed by atoms with E-state index in [-0.39, 0.29) is 18.1 Å². The largest absolute Gasteiger partial charge is 0.354 e. The molecule has 6 heteroatoms. The molecular weight excluding hydrogens is 300 g/mol. The molecule has 0 saturated carbocycles. The highest BCUT2D eigenvalue weighted by atomic mass is 32.2. The lowest BCUT2D eigenvalue weighted by molar-refractivity contribution is -0.122. The molecule has 2 unspecified atom stereocenters. The lowest BCUT2D eigenvalue weighted by atomic mass is 9.83. The highest BCUT2D eigenvalue weighted by molar-refractivity contribution is 7.90. The van der Waals surface area contributed by atoms with E-state index in [1.54, 1.807) is 0 Å². The first-order valence-electron chi connectivity index (χ1n) is 7.65. The molecule has 2 rings (SSSR count). The summed E-state index contributed by atoms with van der Waals surface area (Å²) in [5.41, 5.74) is 8.42. The zero-order valence-corrected chi connectivity index (χ0v) is 13.7. The summed E-state index contributed by atoms with van der Waals surface area (Å²) < 4.78 is 22.2. The van der Waals surface area contributed by atoms with Crippen molar-refractivity contribution in [3.63, 3.8) is 0 Å². The average Bonchev–Trinajstić information content (AvgIpc) is 2.49. The van der Waals surface area contributed by atoms with Gasteiger partial charge in [0.2, 0.25) is 5.91 Å². The molecule has 1 aliphatic carbocycles. The van der Waals surface area contributed by atoms with Crippen LogP contribution in [0.3, 0.4) is 0 Å². The number of sulfone groups is 1. The molecule has 122 valence electrons. The van der Waals surface area contributed by atoms with Crippen LogP contribution in [0.25, 0.3) is 0 Å². The Kier molecular flexibility index (Phi) is 5.58. The molecular formula is C16H24N2O3S. The molecule has 0 saturated heterocycles. The van der Waals surface area contributed by atoms with Gasteiger partial charge in [0.05, 0.1) is 11.8 Å². The van der Waals surface area contributed by atoms with Crippen molar-refractivity contribution >= 4 is 15.7 Å². The summed E-state index contributed by atoms with van der Waals surface area (Å²) in [7, 11) is -3.09. The van der Waals surface area contributed by atoms with Crippen LogP contribution in [0.1, 0.15) is 36.3 Å². The van der Waals surface area contributed by atoms with Crippen LogP contribution in [0.15, 0.2) is 24.3 Å². The van der Waals surface area contributed by atoms with Gasteiger partial charge in [0.15, 0.2) is 0 Å². The van der Waals surface area contributed by atoms with Crippen molar-refractivity contribution in [2.45, 2.75) is 37.6 Å². The fourth-order valence-electron chi connectivity index (χ4n) is 2.89. The van der Waals surface area contributed by atoms with Gasteiger partial charge in [0, 0.05) is 18.7 Å². The smallest absolute Gasteiger partial charge is 0.236 e. The number of carbonyl (C=O) groups is 1. The molecule has 22 heavy (non-hydrogen) atoms. The molecule has 0 spiro atoms. The van der Waals surface area contributed by atoms with Gasteiger partial charge in [-0.25, -0.2) is 8.42 Å². The van der Waals surface area contributed by atoms with Gasteiger partial charge in [0.1, 0.15) is 9.84 Å². The summed E-state index contributed by atoms with van der Waals surface area (Å²) in [5.74, 6) is -0.0175. The highest BCUT2D eigenvalue weighted by Crippen LogP contribution is 2.30. The van der Waals surface area contributed by atoms with Crippen LogP contribution in [0.2, 0.25) is 0 Å². The third-order valence-electron chi connectivity index (χ3n) is 4.15. The lowest BCUT2D eigenvalue weighted by Crippen LogP contribution is -2.43. The van der Waals surface area contributed by atoms with Crippen LogP contribution in [-0.4, -0.2) is 38.9 Å². The summed E-state index contributed by atoms with van der Waals surface area (Å²) in [6.07, 6.45) is 4.57. The first kappa shape index (κ1) is 17.0. The van der Waals surface area contributed by atoms with Crippen molar-refractivity contribution in [2.75, 3.05) is 18.6 Å². The van der Waals surface area contributed by atoms with E-state index >= 15 is 0 Å². The summed E-state index contributed by atoms with van der Waals surface area (Å²) in [4.78, 5) is 12.0. The molecule has 0 aliphatic heterocycles. The van der Waals surface area contributed by atoms with Gasteiger partial charge in [-0.15, -0.1) is 0 Å². The van der Waals surface area contributed by atoms with Gasteiger partial charge in [0.25, 0.3) is 0 Å². The van der Waals surface area contributed by atoms with E-state index in [1.165, 1.54) is 11.1 Å². The predicted octanol–water partition coefficient (Wildman–Crippen LogP) is 0.985. The summed E-state index contributed by atoms with van der Waals surface area (Å²) >= 11 is 0. The summed E-state index contributed by atoms with van der Waals surface area (Å²) in [6, 6.07) is 7.56. The van der Waals surface area contributed by atoms with Gasteiger partial charge >= 0.3 is 0 Å². The van der Waals surface area contributed by atoms with E-state index in [2.05, 4.69) is 17.4 Å². The van der Waals surface area contributed by atoms with E-state index in [0.717, 1.165) is 25.5 Å². The third kappa shape index (κ3) is 4.81. The molecule has 0 aromatic heterocycles. The van der Waals surface area contributed by atoms with E-state index in [4.69, 9.17) is 5.73 Å². The quantitative estimate of drug-likeness (QED) is 0.816. The molecule has 3 N–H and O–H groups in total. The SMILES string of the molecule is CS(=O)(=O)CCC(N)C(=O)NCC1CCCc2ccccc21. The standard InChI is InChI=1S/C16H24N2O3S/c1-22(20,21)10-9-15(17)16(19)18-11-13-7-4-6-12-5-2-3-8-14(12)13/h2-3,5,8,13,15H,4,6-7,9-11,17H2,1H3,(H,18,19). The van der Waals surface area contributed by atoms with E-state index in [0.29, 0.717) is 12.5 Å². The Morgan fingerprint density at radius 1 is 1.41 bits per heavy atom. The van der Waals surface area contributed by atoms with Gasteiger partial charge < -0.3 is 11.1 Å². The maximum atomic E-state index is 12.0. The third-order valence-corrected chi connectivity index (χ3v) is 5.13. The molecule has 1 aliphatic rings. The van der Waals surface area contributed by atoms with Crippen molar-refractivity contribution in [1.29, 1.82) is 0 Å². The minimum absolute atomic E-state index is 0.0617. The second-order valence-electron chi connectivity index (χ2n) is 6.06. The maximum absolute atomic E-state index is 12.0. The minimum atomic E-state index is -3.09.